The Morgan fingerprint density at radius 1 is 1.67 bits per heavy atom. The van der Waals surface area contributed by atoms with Gasteiger partial charge in [-0.1, -0.05) is 0 Å². The maximum atomic E-state index is 11.3. The van der Waals surface area contributed by atoms with Crippen molar-refractivity contribution in [3.8, 4) is 0 Å². The first kappa shape index (κ1) is 11.6. The van der Waals surface area contributed by atoms with Crippen LogP contribution in [0.1, 0.15) is 17.4 Å². The van der Waals surface area contributed by atoms with Crippen molar-refractivity contribution in [3.63, 3.8) is 0 Å². The van der Waals surface area contributed by atoms with Gasteiger partial charge >= 0.3 is 5.97 Å². The molecular weight excluding hydrogens is 220 g/mol. The number of hydrogen-bond acceptors (Lipinski definition) is 5. The third kappa shape index (κ3) is 3.00. The lowest BCUT2D eigenvalue weighted by atomic mass is 10.1. The highest BCUT2D eigenvalue weighted by Gasteiger charge is 2.30. The number of carboxylic acids is 1. The van der Waals surface area contributed by atoms with Crippen LogP contribution >= 0.6 is 11.5 Å². The van der Waals surface area contributed by atoms with E-state index >= 15 is 0 Å². The molecule has 0 aliphatic carbocycles. The highest BCUT2D eigenvalue weighted by Crippen LogP contribution is 2.03. The fourth-order valence-corrected chi connectivity index (χ4v) is 1.26. The van der Waals surface area contributed by atoms with Crippen molar-refractivity contribution in [2.75, 3.05) is 6.54 Å². The van der Waals surface area contributed by atoms with Gasteiger partial charge in [-0.3, -0.25) is 4.79 Å². The topological polar surface area (TPSA) is 99.5 Å². The van der Waals surface area contributed by atoms with Crippen LogP contribution in [-0.4, -0.2) is 38.6 Å². The van der Waals surface area contributed by atoms with Crippen molar-refractivity contribution >= 4 is 23.4 Å². The van der Waals surface area contributed by atoms with Crippen LogP contribution in [0.5, 0.6) is 0 Å². The number of carbonyl (C=O) groups is 2. The number of carboxylic acid groups (broad SMARTS) is 1. The fourth-order valence-electron chi connectivity index (χ4n) is 0.748. The number of nitrogens with one attached hydrogen (secondary N) is 1. The van der Waals surface area contributed by atoms with Gasteiger partial charge in [0.05, 0.1) is 6.54 Å². The molecule has 0 aliphatic rings. The molecule has 0 radical (unpaired) electrons. The predicted octanol–water partition coefficient (Wildman–Crippen LogP) is -0.291. The molecule has 0 saturated heterocycles. The lowest BCUT2D eigenvalue weighted by molar-refractivity contribution is -0.155. The molecule has 6 nitrogen and oxygen atoms in total. The molecule has 0 bridgehead atoms. The molecule has 7 heteroatoms. The van der Waals surface area contributed by atoms with E-state index in [2.05, 4.69) is 9.69 Å². The predicted molar refractivity (Wildman–Crippen MR) is 52.7 cm³/mol. The minimum Gasteiger partial charge on any atom is -0.479 e. The number of aliphatic hydroxyl groups is 1. The Bertz CT molecular complexity index is 361. The Hall–Kier alpha value is -1.47. The fraction of sp³-hybridized carbons (Fsp3) is 0.375. The third-order valence-corrected chi connectivity index (χ3v) is 2.28. The molecular formula is C8H10N2O4S. The number of carbonyl (C=O) groups excluding carboxylic acids is 1. The smallest absolute Gasteiger partial charge is 0.337 e. The van der Waals surface area contributed by atoms with Gasteiger partial charge in [-0.2, -0.15) is 4.37 Å². The minimum absolute atomic E-state index is 0.209. The summed E-state index contributed by atoms with van der Waals surface area (Å²) in [7, 11) is 0. The van der Waals surface area contributed by atoms with E-state index in [1.807, 2.05) is 0 Å². The molecule has 1 rings (SSSR count). The van der Waals surface area contributed by atoms with Crippen molar-refractivity contribution in [1.82, 2.24) is 9.69 Å². The average molecular weight is 230 g/mol. The Kier molecular flexibility index (Phi) is 3.38. The van der Waals surface area contributed by atoms with Crippen LogP contribution in [0, 0.1) is 0 Å². The quantitative estimate of drug-likeness (QED) is 0.660. The molecule has 0 saturated carbocycles. The van der Waals surface area contributed by atoms with Crippen molar-refractivity contribution in [1.29, 1.82) is 0 Å². The zero-order valence-electron chi connectivity index (χ0n) is 7.93. The van der Waals surface area contributed by atoms with E-state index in [0.29, 0.717) is 0 Å². The van der Waals surface area contributed by atoms with Crippen LogP contribution in [0.15, 0.2) is 11.4 Å². The van der Waals surface area contributed by atoms with Crippen LogP contribution in [0.3, 0.4) is 0 Å². The van der Waals surface area contributed by atoms with Crippen LogP contribution < -0.4 is 5.32 Å². The van der Waals surface area contributed by atoms with E-state index in [4.69, 9.17) is 5.11 Å². The summed E-state index contributed by atoms with van der Waals surface area (Å²) in [5, 5.41) is 21.8. The second-order valence-electron chi connectivity index (χ2n) is 3.15. The van der Waals surface area contributed by atoms with E-state index in [1.165, 1.54) is 6.07 Å². The molecule has 1 amide bonds. The summed E-state index contributed by atoms with van der Waals surface area (Å²) in [6.45, 7) is 0.745. The minimum atomic E-state index is -1.97. The van der Waals surface area contributed by atoms with Gasteiger partial charge in [-0.25, -0.2) is 4.79 Å². The van der Waals surface area contributed by atoms with E-state index in [1.54, 1.807) is 5.38 Å². The van der Waals surface area contributed by atoms with Gasteiger partial charge in [0.25, 0.3) is 5.91 Å². The average Bonchev–Trinajstić information content (AvgIpc) is 2.66. The summed E-state index contributed by atoms with van der Waals surface area (Å²) in [6.07, 6.45) is 0. The molecule has 0 aromatic carbocycles. The lowest BCUT2D eigenvalue weighted by Gasteiger charge is -2.17. The number of aliphatic carboxylic acids is 1. The molecule has 0 aliphatic heterocycles. The maximum absolute atomic E-state index is 11.3. The Morgan fingerprint density at radius 3 is 2.80 bits per heavy atom. The molecule has 0 fully saturated rings. The zero-order valence-corrected chi connectivity index (χ0v) is 8.74. The standard InChI is InChI=1S/C8H10N2O4S/c1-8(14,7(12)13)4-9-6(11)5-2-3-15-10-5/h2-3,14H,4H2,1H3,(H,9,11)(H,12,13). The second-order valence-corrected chi connectivity index (χ2v) is 3.81. The third-order valence-electron chi connectivity index (χ3n) is 1.72. The van der Waals surface area contributed by atoms with Crippen LogP contribution in [0.25, 0.3) is 0 Å². The van der Waals surface area contributed by atoms with Gasteiger partial charge in [0.15, 0.2) is 5.60 Å². The summed E-state index contributed by atoms with van der Waals surface area (Å²) in [4.78, 5) is 21.8. The normalized spacial score (nSPS) is 14.3. The summed E-state index contributed by atoms with van der Waals surface area (Å²) in [5.74, 6) is -1.89. The van der Waals surface area contributed by atoms with E-state index < -0.39 is 17.5 Å². The summed E-state index contributed by atoms with van der Waals surface area (Å²) < 4.78 is 3.76. The second kappa shape index (κ2) is 4.37. The molecule has 1 unspecified atom stereocenters. The first-order valence-corrected chi connectivity index (χ1v) is 4.91. The van der Waals surface area contributed by atoms with Crippen LogP contribution in [0.2, 0.25) is 0 Å². The van der Waals surface area contributed by atoms with E-state index in [-0.39, 0.29) is 12.2 Å². The number of hydrogen-bond donors (Lipinski definition) is 3. The molecule has 1 atom stereocenters. The van der Waals surface area contributed by atoms with E-state index in [0.717, 1.165) is 18.5 Å². The van der Waals surface area contributed by atoms with Gasteiger partial charge in [-0.05, 0) is 24.5 Å². The maximum Gasteiger partial charge on any atom is 0.337 e. The largest absolute Gasteiger partial charge is 0.479 e. The summed E-state index contributed by atoms with van der Waals surface area (Å²) in [5.41, 5.74) is -1.76. The molecule has 0 spiro atoms. The van der Waals surface area contributed by atoms with Crippen molar-refractivity contribution in [2.24, 2.45) is 0 Å². The van der Waals surface area contributed by atoms with Crippen molar-refractivity contribution < 1.29 is 19.8 Å². The molecule has 3 N–H and O–H groups in total. The summed E-state index contributed by atoms with van der Waals surface area (Å²) in [6, 6.07) is 1.51. The monoisotopic (exact) mass is 230 g/mol. The van der Waals surface area contributed by atoms with Crippen molar-refractivity contribution in [3.05, 3.63) is 17.1 Å². The van der Waals surface area contributed by atoms with Crippen LogP contribution in [-0.2, 0) is 4.79 Å². The molecule has 1 heterocycles. The number of nitrogens with zero attached hydrogens (tertiary/aromatic N) is 1. The number of aromatic nitrogens is 1. The lowest BCUT2D eigenvalue weighted by Crippen LogP contribution is -2.46. The SMILES string of the molecule is CC(O)(CNC(=O)c1ccsn1)C(=O)O. The first-order chi connectivity index (χ1) is 6.93. The van der Waals surface area contributed by atoms with Gasteiger partial charge in [-0.15, -0.1) is 0 Å². The van der Waals surface area contributed by atoms with Gasteiger partial charge < -0.3 is 15.5 Å². The van der Waals surface area contributed by atoms with E-state index in [9.17, 15) is 14.7 Å². The first-order valence-electron chi connectivity index (χ1n) is 4.08. The number of amides is 1. The van der Waals surface area contributed by atoms with Crippen LogP contribution in [0.4, 0.5) is 0 Å². The van der Waals surface area contributed by atoms with Gasteiger partial charge in [0.2, 0.25) is 0 Å². The Morgan fingerprint density at radius 2 is 2.33 bits per heavy atom. The molecule has 1 aromatic rings. The highest BCUT2D eigenvalue weighted by molar-refractivity contribution is 7.03. The summed E-state index contributed by atoms with van der Waals surface area (Å²) >= 11 is 1.12. The van der Waals surface area contributed by atoms with Gasteiger partial charge in [0, 0.05) is 5.38 Å². The van der Waals surface area contributed by atoms with Crippen molar-refractivity contribution in [2.45, 2.75) is 12.5 Å². The molecule has 15 heavy (non-hydrogen) atoms. The molecule has 1 aromatic heterocycles. The molecule has 82 valence electrons. The Balaban J connectivity index is 2.51. The Labute approximate surface area is 89.7 Å². The number of rotatable bonds is 4. The van der Waals surface area contributed by atoms with Gasteiger partial charge in [0.1, 0.15) is 5.69 Å². The highest BCUT2D eigenvalue weighted by atomic mass is 32.1. The zero-order chi connectivity index (χ0) is 11.5.